The number of fused-ring (bicyclic) bond motifs is 2. The molecule has 0 spiro atoms. The van der Waals surface area contributed by atoms with E-state index in [0.717, 1.165) is 36.9 Å². The van der Waals surface area contributed by atoms with Gasteiger partial charge >= 0.3 is 5.97 Å². The molecule has 1 unspecified atom stereocenters. The van der Waals surface area contributed by atoms with Crippen LogP contribution >= 0.6 is 11.3 Å². The minimum atomic E-state index is -0.822. The second-order valence-electron chi connectivity index (χ2n) is 10.1. The van der Waals surface area contributed by atoms with E-state index >= 15 is 0 Å². The van der Waals surface area contributed by atoms with Gasteiger partial charge in [-0.05, 0) is 32.4 Å². The monoisotopic (exact) mass is 573 g/mol. The van der Waals surface area contributed by atoms with Crippen LogP contribution < -0.4 is 24.5 Å². The normalized spacial score (nSPS) is 17.3. The lowest BCUT2D eigenvalue weighted by atomic mass is 9.95. The fraction of sp³-hybridized carbons (Fsp3) is 0.375. The Balaban J connectivity index is 1.70. The number of methoxy groups -OCH3 is 1. The van der Waals surface area contributed by atoms with Crippen molar-refractivity contribution in [3.8, 4) is 5.75 Å². The fourth-order valence-corrected chi connectivity index (χ4v) is 6.76. The lowest BCUT2D eigenvalue weighted by molar-refractivity contribution is -0.139. The smallest absolute Gasteiger partial charge is 0.338 e. The van der Waals surface area contributed by atoms with Gasteiger partial charge in [0.05, 0.1) is 36.2 Å². The average Bonchev–Trinajstić information content (AvgIpc) is 3.44. The number of hydrogen-bond donors (Lipinski definition) is 0. The molecular formula is C32H35N3O5S. The van der Waals surface area contributed by atoms with E-state index in [4.69, 9.17) is 9.47 Å². The van der Waals surface area contributed by atoms with Gasteiger partial charge in [0.2, 0.25) is 0 Å². The van der Waals surface area contributed by atoms with Crippen LogP contribution in [0.1, 0.15) is 70.0 Å². The predicted molar refractivity (Wildman–Crippen MR) is 160 cm³/mol. The first-order valence-electron chi connectivity index (χ1n) is 14.2. The molecule has 0 fully saturated rings. The van der Waals surface area contributed by atoms with E-state index in [1.54, 1.807) is 31.9 Å². The van der Waals surface area contributed by atoms with Gasteiger partial charge in [0.25, 0.3) is 11.5 Å². The van der Waals surface area contributed by atoms with Gasteiger partial charge in [-0.2, -0.15) is 0 Å². The summed E-state index contributed by atoms with van der Waals surface area (Å²) in [5.74, 6) is -0.190. The van der Waals surface area contributed by atoms with Crippen LogP contribution in [0.25, 0.3) is 5.57 Å². The Hall–Kier alpha value is -3.98. The average molecular weight is 574 g/mol. The Morgan fingerprint density at radius 2 is 1.73 bits per heavy atom. The summed E-state index contributed by atoms with van der Waals surface area (Å²) < 4.78 is 12.9. The van der Waals surface area contributed by atoms with Gasteiger partial charge in [-0.25, -0.2) is 9.79 Å². The molecule has 2 aliphatic heterocycles. The summed E-state index contributed by atoms with van der Waals surface area (Å²) in [7, 11) is 1.55. The van der Waals surface area contributed by atoms with Crippen LogP contribution in [0, 0.1) is 0 Å². The highest BCUT2D eigenvalue weighted by Gasteiger charge is 2.38. The van der Waals surface area contributed by atoms with E-state index in [-0.39, 0.29) is 23.6 Å². The number of esters is 1. The maximum absolute atomic E-state index is 14.3. The summed E-state index contributed by atoms with van der Waals surface area (Å²) in [5.41, 5.74) is 2.94. The van der Waals surface area contributed by atoms with Gasteiger partial charge in [-0.15, -0.1) is 0 Å². The number of aromatic nitrogens is 1. The quantitative estimate of drug-likeness (QED) is 0.263. The third-order valence-corrected chi connectivity index (χ3v) is 8.62. The minimum Gasteiger partial charge on any atom is -0.496 e. The molecule has 214 valence electrons. The minimum absolute atomic E-state index is 0.179. The first-order valence-corrected chi connectivity index (χ1v) is 15.0. The van der Waals surface area contributed by atoms with Crippen molar-refractivity contribution in [3.05, 3.63) is 90.6 Å². The van der Waals surface area contributed by atoms with Crippen LogP contribution in [0.3, 0.4) is 0 Å². The van der Waals surface area contributed by atoms with Crippen molar-refractivity contribution in [2.45, 2.75) is 58.9 Å². The van der Waals surface area contributed by atoms with Gasteiger partial charge in [0.15, 0.2) is 4.80 Å². The molecule has 41 heavy (non-hydrogen) atoms. The van der Waals surface area contributed by atoms with Crippen LogP contribution in [-0.4, -0.2) is 36.7 Å². The molecular weight excluding hydrogens is 538 g/mol. The molecule has 8 nitrogen and oxygen atoms in total. The highest BCUT2D eigenvalue weighted by atomic mass is 32.1. The Labute approximate surface area is 243 Å². The SMILES string of the molecule is CCCCCCCN1C(=O)/C(=c2\sc3n(c2=O)C(c2ccccc2OC)C(C(=O)OCC)=C(C)N=3)c2ccccc21. The number of anilines is 1. The summed E-state index contributed by atoms with van der Waals surface area (Å²) >= 11 is 1.18. The molecule has 2 aromatic carbocycles. The Morgan fingerprint density at radius 1 is 1.00 bits per heavy atom. The Bertz CT molecular complexity index is 1700. The summed E-state index contributed by atoms with van der Waals surface area (Å²) in [6, 6.07) is 14.1. The summed E-state index contributed by atoms with van der Waals surface area (Å²) in [6.07, 6.45) is 5.41. The number of carbonyl (C=O) groups excluding carboxylic acids is 2. The van der Waals surface area contributed by atoms with Gasteiger partial charge in [-0.1, -0.05) is 80.3 Å². The largest absolute Gasteiger partial charge is 0.496 e. The number of rotatable bonds is 10. The second kappa shape index (κ2) is 12.3. The number of nitrogens with zero attached hydrogens (tertiary/aromatic N) is 3. The highest BCUT2D eigenvalue weighted by Crippen LogP contribution is 2.37. The predicted octanol–water partition coefficient (Wildman–Crippen LogP) is 4.49. The Morgan fingerprint density at radius 3 is 2.49 bits per heavy atom. The number of thiazole rings is 1. The molecule has 3 heterocycles. The zero-order valence-corrected chi connectivity index (χ0v) is 24.8. The number of carbonyl (C=O) groups is 2. The molecule has 1 atom stereocenters. The molecule has 0 radical (unpaired) electrons. The molecule has 0 saturated carbocycles. The second-order valence-corrected chi connectivity index (χ2v) is 11.1. The fourth-order valence-electron chi connectivity index (χ4n) is 5.62. The molecule has 9 heteroatoms. The van der Waals surface area contributed by atoms with Crippen molar-refractivity contribution in [1.29, 1.82) is 0 Å². The van der Waals surface area contributed by atoms with Crippen molar-refractivity contribution in [3.63, 3.8) is 0 Å². The van der Waals surface area contributed by atoms with Crippen LogP contribution in [0.15, 0.2) is 69.6 Å². The van der Waals surface area contributed by atoms with E-state index in [1.807, 2.05) is 42.5 Å². The summed E-state index contributed by atoms with van der Waals surface area (Å²) in [5, 5.41) is 0. The first-order chi connectivity index (χ1) is 19.9. The third kappa shape index (κ3) is 5.14. The zero-order valence-electron chi connectivity index (χ0n) is 23.9. The molecule has 5 rings (SSSR count). The number of benzene rings is 2. The number of allylic oxidation sites excluding steroid dienone is 1. The third-order valence-electron chi connectivity index (χ3n) is 7.56. The lowest BCUT2D eigenvalue weighted by Gasteiger charge is -2.25. The van der Waals surface area contributed by atoms with Gasteiger partial charge in [0.1, 0.15) is 16.3 Å². The number of unbranched alkanes of at least 4 members (excludes halogenated alkanes) is 4. The van der Waals surface area contributed by atoms with Crippen molar-refractivity contribution in [2.24, 2.45) is 4.99 Å². The van der Waals surface area contributed by atoms with Crippen LogP contribution in [-0.2, 0) is 14.3 Å². The molecule has 0 bridgehead atoms. The maximum atomic E-state index is 14.3. The van der Waals surface area contributed by atoms with Crippen molar-refractivity contribution < 1.29 is 19.1 Å². The topological polar surface area (TPSA) is 90.2 Å². The summed E-state index contributed by atoms with van der Waals surface area (Å²) in [4.78, 5) is 48.4. The number of amides is 1. The van der Waals surface area contributed by atoms with Crippen molar-refractivity contribution in [1.82, 2.24) is 4.57 Å². The molecule has 3 aromatic rings. The van der Waals surface area contributed by atoms with Crippen molar-refractivity contribution >= 4 is 34.5 Å². The van der Waals surface area contributed by atoms with Crippen LogP contribution in [0.5, 0.6) is 5.75 Å². The molecule has 0 saturated heterocycles. The van der Waals surface area contributed by atoms with Crippen LogP contribution in [0.2, 0.25) is 0 Å². The van der Waals surface area contributed by atoms with Gasteiger partial charge in [-0.3, -0.25) is 14.2 Å². The van der Waals surface area contributed by atoms with E-state index in [9.17, 15) is 14.4 Å². The molecule has 1 amide bonds. The van der Waals surface area contributed by atoms with Gasteiger partial charge < -0.3 is 14.4 Å². The van der Waals surface area contributed by atoms with Gasteiger partial charge in [0, 0.05) is 17.7 Å². The van der Waals surface area contributed by atoms with E-state index in [1.165, 1.54) is 22.3 Å². The number of ether oxygens (including phenoxy) is 2. The standard InChI is InChI=1S/C32H35N3O5S/c1-5-7-8-9-14-19-34-23-17-12-10-15-21(23)26(29(34)36)28-30(37)35-27(22-16-11-13-18-24(22)39-4)25(31(38)40-6-2)20(3)33-32(35)41-28/h10-13,15-18,27H,5-9,14,19H2,1-4H3/b28-26-. The highest BCUT2D eigenvalue weighted by molar-refractivity contribution is 7.07. The Kier molecular flexibility index (Phi) is 8.54. The molecule has 2 aliphatic rings. The summed E-state index contributed by atoms with van der Waals surface area (Å²) in [6.45, 7) is 6.44. The lowest BCUT2D eigenvalue weighted by Crippen LogP contribution is -2.41. The molecule has 0 aliphatic carbocycles. The maximum Gasteiger partial charge on any atom is 0.338 e. The van der Waals surface area contributed by atoms with Crippen LogP contribution in [0.4, 0.5) is 5.69 Å². The molecule has 0 N–H and O–H groups in total. The number of para-hydroxylation sites is 2. The zero-order chi connectivity index (χ0) is 29.1. The van der Waals surface area contributed by atoms with E-state index < -0.39 is 12.0 Å². The first kappa shape index (κ1) is 28.5. The number of hydrogen-bond acceptors (Lipinski definition) is 7. The molecule has 1 aromatic heterocycles. The van der Waals surface area contributed by atoms with E-state index in [0.29, 0.717) is 38.5 Å². The van der Waals surface area contributed by atoms with Crippen molar-refractivity contribution in [2.75, 3.05) is 25.2 Å². The van der Waals surface area contributed by atoms with E-state index in [2.05, 4.69) is 11.9 Å².